The zero-order chi connectivity index (χ0) is 13.3. The molecule has 4 nitrogen and oxygen atoms in total. The molecule has 1 fully saturated rings. The molecule has 0 radical (unpaired) electrons. The van der Waals surface area contributed by atoms with Crippen molar-refractivity contribution in [3.63, 3.8) is 0 Å². The summed E-state index contributed by atoms with van der Waals surface area (Å²) < 4.78 is 2.99. The highest BCUT2D eigenvalue weighted by atomic mass is 79.9. The van der Waals surface area contributed by atoms with Crippen molar-refractivity contribution in [3.8, 4) is 0 Å². The van der Waals surface area contributed by atoms with Crippen LogP contribution in [0.4, 0.5) is 0 Å². The standard InChI is InChI=1S/C13H20BrN3O.ClH/c1-9(2)17-8-11(14)6-12(17)13(18)16-5-4-15-10(3)7-16;/h6,8-10,15H,4-5,7H2,1-3H3;1H/t10-;/m1./s1. The van der Waals surface area contributed by atoms with Gasteiger partial charge in [-0.15, -0.1) is 12.4 Å². The monoisotopic (exact) mass is 349 g/mol. The lowest BCUT2D eigenvalue weighted by Gasteiger charge is -2.32. The van der Waals surface area contributed by atoms with Gasteiger partial charge in [-0.25, -0.2) is 0 Å². The topological polar surface area (TPSA) is 37.3 Å². The summed E-state index contributed by atoms with van der Waals surface area (Å²) >= 11 is 3.45. The maximum atomic E-state index is 12.5. The number of hydrogen-bond acceptors (Lipinski definition) is 2. The van der Waals surface area contributed by atoms with Gasteiger partial charge in [0.1, 0.15) is 5.69 Å². The smallest absolute Gasteiger partial charge is 0.270 e. The van der Waals surface area contributed by atoms with E-state index in [4.69, 9.17) is 0 Å². The number of aromatic nitrogens is 1. The van der Waals surface area contributed by atoms with Crippen molar-refractivity contribution >= 4 is 34.2 Å². The van der Waals surface area contributed by atoms with Gasteiger partial charge in [0.05, 0.1) is 0 Å². The Morgan fingerprint density at radius 1 is 1.53 bits per heavy atom. The molecule has 0 aromatic carbocycles. The predicted octanol–water partition coefficient (Wildman–Crippen LogP) is 2.69. The van der Waals surface area contributed by atoms with Crippen molar-refractivity contribution in [1.29, 1.82) is 0 Å². The fourth-order valence-corrected chi connectivity index (χ4v) is 2.76. The van der Waals surface area contributed by atoms with Crippen LogP contribution in [-0.4, -0.2) is 41.1 Å². The minimum atomic E-state index is 0. The molecule has 6 heteroatoms. The number of rotatable bonds is 2. The third kappa shape index (κ3) is 3.74. The molecule has 2 rings (SSSR count). The minimum absolute atomic E-state index is 0. The first kappa shape index (κ1) is 16.5. The van der Waals surface area contributed by atoms with Gasteiger partial charge in [0, 0.05) is 42.4 Å². The molecule has 0 unspecified atom stereocenters. The number of amides is 1. The van der Waals surface area contributed by atoms with Crippen molar-refractivity contribution in [3.05, 3.63) is 22.4 Å². The minimum Gasteiger partial charge on any atom is -0.340 e. The summed E-state index contributed by atoms with van der Waals surface area (Å²) in [5.74, 6) is 0.128. The summed E-state index contributed by atoms with van der Waals surface area (Å²) in [6, 6.07) is 2.57. The zero-order valence-electron chi connectivity index (χ0n) is 11.5. The van der Waals surface area contributed by atoms with Crippen LogP contribution in [0.5, 0.6) is 0 Å². The second-order valence-electron chi connectivity index (χ2n) is 5.15. The predicted molar refractivity (Wildman–Crippen MR) is 83.1 cm³/mol. The van der Waals surface area contributed by atoms with Gasteiger partial charge in [-0.1, -0.05) is 0 Å². The second-order valence-corrected chi connectivity index (χ2v) is 6.07. The lowest BCUT2D eigenvalue weighted by atomic mass is 10.2. The van der Waals surface area contributed by atoms with Crippen molar-refractivity contribution < 1.29 is 4.79 Å². The summed E-state index contributed by atoms with van der Waals surface area (Å²) in [5.41, 5.74) is 0.769. The third-order valence-electron chi connectivity index (χ3n) is 3.25. The fraction of sp³-hybridized carbons (Fsp3) is 0.615. The molecule has 0 spiro atoms. The molecule has 1 aliphatic heterocycles. The summed E-state index contributed by atoms with van der Waals surface area (Å²) in [6.07, 6.45) is 1.98. The molecule has 1 aromatic rings. The Balaban J connectivity index is 0.00000180. The van der Waals surface area contributed by atoms with Crippen LogP contribution >= 0.6 is 28.3 Å². The lowest BCUT2D eigenvalue weighted by Crippen LogP contribution is -2.51. The number of halogens is 2. The van der Waals surface area contributed by atoms with Crippen molar-refractivity contribution in [2.45, 2.75) is 32.9 Å². The molecule has 1 amide bonds. The number of carbonyl (C=O) groups is 1. The number of nitrogens with zero attached hydrogens (tertiary/aromatic N) is 2. The van der Waals surface area contributed by atoms with Crippen LogP contribution in [0.15, 0.2) is 16.7 Å². The average Bonchev–Trinajstić information content (AvgIpc) is 2.70. The molecule has 1 atom stereocenters. The first-order valence-electron chi connectivity index (χ1n) is 6.39. The highest BCUT2D eigenvalue weighted by Gasteiger charge is 2.24. The lowest BCUT2D eigenvalue weighted by molar-refractivity contribution is 0.0696. The highest BCUT2D eigenvalue weighted by Crippen LogP contribution is 2.21. The summed E-state index contributed by atoms with van der Waals surface area (Å²) in [4.78, 5) is 14.5. The largest absolute Gasteiger partial charge is 0.340 e. The number of nitrogens with one attached hydrogen (secondary N) is 1. The molecule has 0 aliphatic carbocycles. The molecule has 0 saturated carbocycles. The van der Waals surface area contributed by atoms with E-state index in [-0.39, 0.29) is 24.4 Å². The highest BCUT2D eigenvalue weighted by molar-refractivity contribution is 9.10. The van der Waals surface area contributed by atoms with E-state index in [0.717, 1.165) is 29.8 Å². The van der Waals surface area contributed by atoms with E-state index in [1.165, 1.54) is 0 Å². The molecular formula is C13H21BrClN3O. The van der Waals surface area contributed by atoms with Crippen LogP contribution in [0.2, 0.25) is 0 Å². The van der Waals surface area contributed by atoms with E-state index in [1.54, 1.807) is 0 Å². The summed E-state index contributed by atoms with van der Waals surface area (Å²) in [5, 5.41) is 3.35. The van der Waals surface area contributed by atoms with E-state index in [2.05, 4.69) is 42.0 Å². The van der Waals surface area contributed by atoms with E-state index in [0.29, 0.717) is 6.04 Å². The van der Waals surface area contributed by atoms with Gasteiger partial charge in [-0.05, 0) is 42.8 Å². The molecular weight excluding hydrogens is 330 g/mol. The quantitative estimate of drug-likeness (QED) is 0.890. The number of piperazine rings is 1. The molecule has 2 heterocycles. The summed E-state index contributed by atoms with van der Waals surface area (Å²) in [7, 11) is 0. The Kier molecular flexibility index (Phi) is 5.89. The van der Waals surface area contributed by atoms with Gasteiger partial charge < -0.3 is 14.8 Å². The molecule has 1 aliphatic rings. The van der Waals surface area contributed by atoms with Gasteiger partial charge in [0.25, 0.3) is 5.91 Å². The van der Waals surface area contributed by atoms with Crippen LogP contribution in [0, 0.1) is 0 Å². The molecule has 1 N–H and O–H groups in total. The van der Waals surface area contributed by atoms with E-state index in [1.807, 2.05) is 21.7 Å². The first-order valence-corrected chi connectivity index (χ1v) is 7.18. The van der Waals surface area contributed by atoms with Gasteiger partial charge in [-0.3, -0.25) is 4.79 Å². The Bertz CT molecular complexity index is 447. The normalized spacial score (nSPS) is 19.4. The van der Waals surface area contributed by atoms with Gasteiger partial charge in [0.15, 0.2) is 0 Å². The molecule has 19 heavy (non-hydrogen) atoms. The van der Waals surface area contributed by atoms with E-state index >= 15 is 0 Å². The number of carbonyl (C=O) groups excluding carboxylic acids is 1. The van der Waals surface area contributed by atoms with Crippen LogP contribution in [0.25, 0.3) is 0 Å². The maximum absolute atomic E-state index is 12.5. The zero-order valence-corrected chi connectivity index (χ0v) is 13.9. The second kappa shape index (κ2) is 6.77. The van der Waals surface area contributed by atoms with Gasteiger partial charge in [0.2, 0.25) is 0 Å². The van der Waals surface area contributed by atoms with Crippen molar-refractivity contribution in [1.82, 2.24) is 14.8 Å². The van der Waals surface area contributed by atoms with Crippen LogP contribution in [0.1, 0.15) is 37.3 Å². The van der Waals surface area contributed by atoms with Crippen molar-refractivity contribution in [2.75, 3.05) is 19.6 Å². The summed E-state index contributed by atoms with van der Waals surface area (Å²) in [6.45, 7) is 8.71. The molecule has 1 aromatic heterocycles. The fourth-order valence-electron chi connectivity index (χ4n) is 2.32. The molecule has 0 bridgehead atoms. The Morgan fingerprint density at radius 2 is 2.21 bits per heavy atom. The molecule has 108 valence electrons. The SMILES string of the molecule is CC(C)n1cc(Br)cc1C(=O)N1CCN[C@H](C)C1.Cl. The van der Waals surface area contributed by atoms with E-state index < -0.39 is 0 Å². The van der Waals surface area contributed by atoms with Crippen LogP contribution in [-0.2, 0) is 0 Å². The average molecular weight is 351 g/mol. The van der Waals surface area contributed by atoms with E-state index in [9.17, 15) is 4.79 Å². The third-order valence-corrected chi connectivity index (χ3v) is 3.68. The van der Waals surface area contributed by atoms with Gasteiger partial charge in [-0.2, -0.15) is 0 Å². The Labute approximate surface area is 129 Å². The Hall–Kier alpha value is -0.520. The molecule has 1 saturated heterocycles. The van der Waals surface area contributed by atoms with Gasteiger partial charge >= 0.3 is 0 Å². The maximum Gasteiger partial charge on any atom is 0.270 e. The number of hydrogen-bond donors (Lipinski definition) is 1. The van der Waals surface area contributed by atoms with Crippen LogP contribution < -0.4 is 5.32 Å². The van der Waals surface area contributed by atoms with Crippen molar-refractivity contribution in [2.24, 2.45) is 0 Å². The van der Waals surface area contributed by atoms with Crippen LogP contribution in [0.3, 0.4) is 0 Å². The first-order chi connectivity index (χ1) is 8.49. The Morgan fingerprint density at radius 3 is 2.79 bits per heavy atom.